The number of ether oxygens (including phenoxy) is 3. The Morgan fingerprint density at radius 3 is 2.51 bits per heavy atom. The van der Waals surface area contributed by atoms with Crippen molar-refractivity contribution in [1.82, 2.24) is 5.32 Å². The molecule has 0 bridgehead atoms. The van der Waals surface area contributed by atoms with Crippen molar-refractivity contribution in [2.75, 3.05) is 13.7 Å². The lowest BCUT2D eigenvalue weighted by atomic mass is 9.79. The van der Waals surface area contributed by atoms with Gasteiger partial charge in [0.25, 0.3) is 0 Å². The van der Waals surface area contributed by atoms with Gasteiger partial charge in [-0.3, -0.25) is 4.79 Å². The van der Waals surface area contributed by atoms with Gasteiger partial charge in [0.15, 0.2) is 17.3 Å². The summed E-state index contributed by atoms with van der Waals surface area (Å²) in [5.74, 6) is -0.810. The van der Waals surface area contributed by atoms with E-state index in [9.17, 15) is 14.9 Å². The number of fused-ring (bicyclic) bond motifs is 2. The van der Waals surface area contributed by atoms with E-state index in [-0.39, 0.29) is 17.4 Å². The molecule has 7 nitrogen and oxygen atoms in total. The van der Waals surface area contributed by atoms with Gasteiger partial charge in [0.1, 0.15) is 6.61 Å². The molecule has 2 aliphatic rings. The number of ketones is 1. The average molecular weight is 541 g/mol. The summed E-state index contributed by atoms with van der Waals surface area (Å²) in [6, 6.07) is 20.1. The van der Waals surface area contributed by atoms with Gasteiger partial charge in [-0.15, -0.1) is 0 Å². The Morgan fingerprint density at radius 1 is 1.08 bits per heavy atom. The predicted molar refractivity (Wildman–Crippen MR) is 146 cm³/mol. The minimum atomic E-state index is -0.751. The van der Waals surface area contributed by atoms with Crippen molar-refractivity contribution in [3.05, 3.63) is 110 Å². The maximum absolute atomic E-state index is 13.7. The van der Waals surface area contributed by atoms with Crippen LogP contribution in [-0.2, 0) is 16.1 Å². The first kappa shape index (κ1) is 26.1. The summed E-state index contributed by atoms with van der Waals surface area (Å²) in [4.78, 5) is 26.7. The van der Waals surface area contributed by atoms with Crippen LogP contribution in [0.25, 0.3) is 5.70 Å². The van der Waals surface area contributed by atoms with Crippen molar-refractivity contribution in [3.63, 3.8) is 0 Å². The largest absolute Gasteiger partial charge is 0.490 e. The summed E-state index contributed by atoms with van der Waals surface area (Å²) in [6.07, 6.45) is 0. The molecule has 3 aromatic rings. The molecule has 1 heterocycles. The first-order valence-corrected chi connectivity index (χ1v) is 12.8. The zero-order valence-electron chi connectivity index (χ0n) is 21.6. The van der Waals surface area contributed by atoms with Crippen LogP contribution < -0.4 is 14.8 Å². The zero-order valence-corrected chi connectivity index (χ0v) is 22.4. The molecule has 0 amide bonds. The second-order valence-electron chi connectivity index (χ2n) is 9.07. The fraction of sp³-hybridized carbons (Fsp3) is 0.194. The topological polar surface area (TPSA) is 97.7 Å². The maximum atomic E-state index is 13.7. The highest BCUT2D eigenvalue weighted by Gasteiger charge is 2.43. The van der Waals surface area contributed by atoms with Gasteiger partial charge >= 0.3 is 5.97 Å². The minimum Gasteiger partial charge on any atom is -0.490 e. The van der Waals surface area contributed by atoms with Crippen molar-refractivity contribution < 1.29 is 23.8 Å². The van der Waals surface area contributed by atoms with E-state index in [1.54, 1.807) is 37.3 Å². The van der Waals surface area contributed by atoms with Gasteiger partial charge in [-0.05, 0) is 37.6 Å². The number of dihydropyridines is 1. The van der Waals surface area contributed by atoms with Gasteiger partial charge in [-0.25, -0.2) is 4.79 Å². The number of hydrogen-bond donors (Lipinski definition) is 1. The number of methoxy groups -OCH3 is 1. The van der Waals surface area contributed by atoms with E-state index < -0.39 is 11.9 Å². The number of Topliss-reactive ketones (excluding diaryl/α,β-unsaturated/α-hetero) is 1. The molecule has 5 rings (SSSR count). The van der Waals surface area contributed by atoms with Gasteiger partial charge < -0.3 is 19.5 Å². The highest BCUT2D eigenvalue weighted by Crippen LogP contribution is 2.49. The summed E-state index contributed by atoms with van der Waals surface area (Å²) >= 11 is 6.78. The van der Waals surface area contributed by atoms with Gasteiger partial charge in [-0.1, -0.05) is 54.1 Å². The van der Waals surface area contributed by atoms with Crippen LogP contribution in [0, 0.1) is 11.3 Å². The van der Waals surface area contributed by atoms with E-state index in [0.717, 1.165) is 5.56 Å². The Hall–Kier alpha value is -4.54. The van der Waals surface area contributed by atoms with Crippen LogP contribution in [0.2, 0.25) is 5.02 Å². The van der Waals surface area contributed by atoms with Crippen LogP contribution in [0.4, 0.5) is 0 Å². The predicted octanol–water partition coefficient (Wildman–Crippen LogP) is 5.93. The molecule has 1 aliphatic carbocycles. The molecule has 1 unspecified atom stereocenters. The van der Waals surface area contributed by atoms with Crippen LogP contribution in [0.5, 0.6) is 11.5 Å². The fourth-order valence-electron chi connectivity index (χ4n) is 5.11. The molecular formula is C31H25ClN2O5. The summed E-state index contributed by atoms with van der Waals surface area (Å²) in [5.41, 5.74) is 5.12. The van der Waals surface area contributed by atoms with E-state index in [1.165, 1.54) is 7.11 Å². The average Bonchev–Trinajstić information content (AvgIpc) is 3.22. The molecule has 0 radical (unpaired) electrons. The third kappa shape index (κ3) is 4.53. The third-order valence-corrected chi connectivity index (χ3v) is 7.11. The fourth-order valence-corrected chi connectivity index (χ4v) is 5.38. The van der Waals surface area contributed by atoms with Crippen molar-refractivity contribution in [2.24, 2.45) is 0 Å². The number of hydrogen-bond acceptors (Lipinski definition) is 7. The maximum Gasteiger partial charge on any atom is 0.336 e. The molecular weight excluding hydrogens is 516 g/mol. The number of carbonyl (C=O) groups excluding carboxylic acids is 2. The number of allylic oxidation sites excluding steroid dienone is 2. The number of esters is 1. The molecule has 196 valence electrons. The minimum absolute atomic E-state index is 0.103. The molecule has 0 saturated heterocycles. The molecule has 1 N–H and O–H groups in total. The molecule has 0 spiro atoms. The van der Waals surface area contributed by atoms with E-state index >= 15 is 0 Å². The second-order valence-corrected chi connectivity index (χ2v) is 9.48. The zero-order chi connectivity index (χ0) is 27.7. The van der Waals surface area contributed by atoms with Gasteiger partial charge in [-0.2, -0.15) is 5.26 Å². The number of benzene rings is 3. The monoisotopic (exact) mass is 540 g/mol. The van der Waals surface area contributed by atoms with Gasteiger partial charge in [0.2, 0.25) is 0 Å². The normalized spacial score (nSPS) is 15.8. The quantitative estimate of drug-likeness (QED) is 0.371. The number of nitriles is 1. The highest BCUT2D eigenvalue weighted by atomic mass is 35.5. The lowest BCUT2D eigenvalue weighted by Crippen LogP contribution is -2.29. The Labute approximate surface area is 231 Å². The van der Waals surface area contributed by atoms with Crippen molar-refractivity contribution in [3.8, 4) is 17.6 Å². The van der Waals surface area contributed by atoms with E-state index in [1.807, 2.05) is 37.3 Å². The first-order valence-electron chi connectivity index (χ1n) is 12.4. The number of halogens is 1. The lowest BCUT2D eigenvalue weighted by Gasteiger charge is -2.29. The van der Waals surface area contributed by atoms with Crippen LogP contribution in [0.15, 0.2) is 77.5 Å². The third-order valence-electron chi connectivity index (χ3n) is 6.83. The standard InChI is InChI=1S/C31H25ClN2O5/c1-4-38-24-14-20(13-23(32)30(24)39-16-19-10-6-5-9-18(19)15-33)26-25(31(36)37-3)17(2)34-28-21-11-7-8-12-22(21)29(35)27(26)28/h5-14,26,34H,4,16H2,1-3H3. The Balaban J connectivity index is 1.62. The Morgan fingerprint density at radius 2 is 1.79 bits per heavy atom. The van der Waals surface area contributed by atoms with Crippen LogP contribution >= 0.6 is 11.6 Å². The van der Waals surface area contributed by atoms with Crippen LogP contribution in [0.3, 0.4) is 0 Å². The van der Waals surface area contributed by atoms with Crippen LogP contribution in [-0.4, -0.2) is 25.5 Å². The molecule has 0 saturated carbocycles. The van der Waals surface area contributed by atoms with Crippen molar-refractivity contribution in [1.29, 1.82) is 5.26 Å². The van der Waals surface area contributed by atoms with E-state index in [0.29, 0.717) is 62.9 Å². The number of rotatable bonds is 7. The first-order chi connectivity index (χ1) is 18.9. The summed E-state index contributed by atoms with van der Waals surface area (Å²) in [5, 5.41) is 12.9. The molecule has 0 fully saturated rings. The summed E-state index contributed by atoms with van der Waals surface area (Å²) < 4.78 is 17.1. The molecule has 1 aliphatic heterocycles. The van der Waals surface area contributed by atoms with E-state index in [2.05, 4.69) is 11.4 Å². The Bertz CT molecular complexity index is 1620. The molecule has 0 aromatic heterocycles. The van der Waals surface area contributed by atoms with Crippen LogP contribution in [0.1, 0.15) is 52.4 Å². The second kappa shape index (κ2) is 10.7. The highest BCUT2D eigenvalue weighted by molar-refractivity contribution is 6.32. The van der Waals surface area contributed by atoms with Gasteiger partial charge in [0, 0.05) is 33.9 Å². The smallest absolute Gasteiger partial charge is 0.336 e. The van der Waals surface area contributed by atoms with Crippen molar-refractivity contribution in [2.45, 2.75) is 26.4 Å². The van der Waals surface area contributed by atoms with Crippen molar-refractivity contribution >= 4 is 29.1 Å². The molecule has 3 aromatic carbocycles. The number of nitrogens with one attached hydrogen (secondary N) is 1. The summed E-state index contributed by atoms with van der Waals surface area (Å²) in [7, 11) is 1.31. The molecule has 39 heavy (non-hydrogen) atoms. The van der Waals surface area contributed by atoms with Gasteiger partial charge in [0.05, 0.1) is 41.6 Å². The van der Waals surface area contributed by atoms with E-state index in [4.69, 9.17) is 25.8 Å². The molecule has 1 atom stereocenters. The summed E-state index contributed by atoms with van der Waals surface area (Å²) in [6.45, 7) is 4.05. The lowest BCUT2D eigenvalue weighted by molar-refractivity contribution is -0.136. The number of carbonyl (C=O) groups is 2. The SMILES string of the molecule is CCOc1cc(C2C(C(=O)OC)=C(C)NC3=C2C(=O)c2ccccc23)cc(Cl)c1OCc1ccccc1C#N. The number of nitrogens with zero attached hydrogens (tertiary/aromatic N) is 1. The molecule has 8 heteroatoms. The Kier molecular flexibility index (Phi) is 7.14.